The Kier molecular flexibility index (Phi) is 6.19. The van der Waals surface area contributed by atoms with Crippen molar-refractivity contribution in [1.82, 2.24) is 15.5 Å². The predicted molar refractivity (Wildman–Crippen MR) is 108 cm³/mol. The number of amides is 6. The number of benzene rings is 1. The molecule has 3 rings (SSSR count). The molecular formula is C21H26N4O5. The van der Waals surface area contributed by atoms with E-state index < -0.39 is 35.7 Å². The number of hydrogen-bond acceptors (Lipinski definition) is 5. The molecule has 2 heterocycles. The second-order valence-corrected chi connectivity index (χ2v) is 7.84. The largest absolute Gasteiger partial charge is 0.352 e. The van der Waals surface area contributed by atoms with Crippen LogP contribution in [0.5, 0.6) is 0 Å². The number of nitrogens with zero attached hydrogens (tertiary/aromatic N) is 1. The highest BCUT2D eigenvalue weighted by Gasteiger charge is 2.44. The van der Waals surface area contributed by atoms with E-state index in [2.05, 4.69) is 10.6 Å². The average molecular weight is 414 g/mol. The Morgan fingerprint density at radius 2 is 1.90 bits per heavy atom. The first kappa shape index (κ1) is 21.5. The van der Waals surface area contributed by atoms with E-state index in [9.17, 15) is 24.0 Å². The van der Waals surface area contributed by atoms with Gasteiger partial charge in [0.1, 0.15) is 6.04 Å². The molecule has 0 saturated carbocycles. The smallest absolute Gasteiger partial charge is 0.312 e. The molecule has 1 fully saturated rings. The van der Waals surface area contributed by atoms with Crippen molar-refractivity contribution in [2.75, 3.05) is 0 Å². The number of nitrogens with two attached hydrogens (primary N) is 1. The Balaban J connectivity index is 1.74. The molecule has 2 aliphatic rings. The minimum atomic E-state index is -0.971. The summed E-state index contributed by atoms with van der Waals surface area (Å²) in [7, 11) is 0. The van der Waals surface area contributed by atoms with Crippen LogP contribution in [0.15, 0.2) is 18.2 Å². The average Bonchev–Trinajstić information content (AvgIpc) is 2.95. The Labute approximate surface area is 174 Å². The molecule has 3 atom stereocenters. The first-order chi connectivity index (χ1) is 14.2. The lowest BCUT2D eigenvalue weighted by Gasteiger charge is -2.27. The molecule has 0 aromatic heterocycles. The lowest BCUT2D eigenvalue weighted by molar-refractivity contribution is -0.136. The molecule has 1 aromatic carbocycles. The van der Waals surface area contributed by atoms with E-state index in [0.717, 1.165) is 29.7 Å². The minimum absolute atomic E-state index is 0.0226. The van der Waals surface area contributed by atoms with E-state index >= 15 is 0 Å². The van der Waals surface area contributed by atoms with Crippen LogP contribution in [0.3, 0.4) is 0 Å². The fourth-order valence-electron chi connectivity index (χ4n) is 3.99. The number of urea groups is 1. The van der Waals surface area contributed by atoms with Crippen molar-refractivity contribution in [3.05, 3.63) is 34.9 Å². The minimum Gasteiger partial charge on any atom is -0.352 e. The molecule has 160 valence electrons. The second kappa shape index (κ2) is 8.64. The van der Waals surface area contributed by atoms with Crippen LogP contribution >= 0.6 is 0 Å². The van der Waals surface area contributed by atoms with Gasteiger partial charge < -0.3 is 11.1 Å². The highest BCUT2D eigenvalue weighted by atomic mass is 16.2. The number of fused-ring (bicyclic) bond motifs is 1. The molecule has 1 saturated heterocycles. The van der Waals surface area contributed by atoms with Gasteiger partial charge >= 0.3 is 6.03 Å². The summed E-state index contributed by atoms with van der Waals surface area (Å²) in [5.74, 6) is -1.96. The van der Waals surface area contributed by atoms with Crippen LogP contribution in [0.2, 0.25) is 0 Å². The maximum absolute atomic E-state index is 12.9. The number of primary amides is 1. The summed E-state index contributed by atoms with van der Waals surface area (Å²) in [5.41, 5.74) is 6.63. The van der Waals surface area contributed by atoms with Crippen LogP contribution in [-0.4, -0.2) is 46.6 Å². The third kappa shape index (κ3) is 4.19. The van der Waals surface area contributed by atoms with Gasteiger partial charge in [-0.15, -0.1) is 0 Å². The lowest BCUT2D eigenvalue weighted by Crippen LogP contribution is -2.54. The van der Waals surface area contributed by atoms with Crippen molar-refractivity contribution < 1.29 is 24.0 Å². The van der Waals surface area contributed by atoms with E-state index in [0.29, 0.717) is 0 Å². The molecule has 0 bridgehead atoms. The number of imide groups is 2. The maximum Gasteiger partial charge on any atom is 0.312 e. The SMILES string of the molecule is CCC(CCC(C)c1ccc2c(c1)C(=O)N(C1CCC(=O)NC1=O)C2=O)NC(N)=O. The summed E-state index contributed by atoms with van der Waals surface area (Å²) >= 11 is 0. The van der Waals surface area contributed by atoms with Crippen molar-refractivity contribution in [3.8, 4) is 0 Å². The fraction of sp³-hybridized carbons (Fsp3) is 0.476. The van der Waals surface area contributed by atoms with Crippen LogP contribution in [0.1, 0.15) is 78.1 Å². The van der Waals surface area contributed by atoms with Gasteiger partial charge in [0, 0.05) is 12.5 Å². The first-order valence-electron chi connectivity index (χ1n) is 10.1. The van der Waals surface area contributed by atoms with Crippen LogP contribution in [0, 0.1) is 0 Å². The summed E-state index contributed by atoms with van der Waals surface area (Å²) in [5, 5.41) is 4.90. The zero-order chi connectivity index (χ0) is 22.0. The van der Waals surface area contributed by atoms with Gasteiger partial charge in [0.25, 0.3) is 11.8 Å². The molecule has 2 aliphatic heterocycles. The van der Waals surface area contributed by atoms with Gasteiger partial charge in [-0.3, -0.25) is 29.4 Å². The third-order valence-corrected chi connectivity index (χ3v) is 5.82. The van der Waals surface area contributed by atoms with Crippen molar-refractivity contribution in [3.63, 3.8) is 0 Å². The molecule has 0 spiro atoms. The highest BCUT2D eigenvalue weighted by molar-refractivity contribution is 6.23. The van der Waals surface area contributed by atoms with E-state index in [-0.39, 0.29) is 35.9 Å². The number of carbonyl (C=O) groups excluding carboxylic acids is 5. The van der Waals surface area contributed by atoms with E-state index in [1.807, 2.05) is 19.9 Å². The summed E-state index contributed by atoms with van der Waals surface area (Å²) in [6.45, 7) is 3.98. The molecule has 4 N–H and O–H groups in total. The quantitative estimate of drug-likeness (QED) is 0.579. The highest BCUT2D eigenvalue weighted by Crippen LogP contribution is 2.31. The van der Waals surface area contributed by atoms with Crippen molar-refractivity contribution in [2.45, 2.75) is 64.0 Å². The zero-order valence-electron chi connectivity index (χ0n) is 17.1. The number of rotatable bonds is 7. The molecule has 6 amide bonds. The Morgan fingerprint density at radius 1 is 1.20 bits per heavy atom. The lowest BCUT2D eigenvalue weighted by atomic mass is 9.91. The number of carbonyl (C=O) groups is 5. The normalized spacial score (nSPS) is 20.6. The topological polar surface area (TPSA) is 139 Å². The van der Waals surface area contributed by atoms with Crippen LogP contribution in [0.25, 0.3) is 0 Å². The standard InChI is InChI=1S/C21H26N4O5/c1-3-13(23-21(22)30)6-4-11(2)12-5-7-14-15(10-12)20(29)25(19(14)28)16-8-9-17(26)24-18(16)27/h5,7,10-11,13,16H,3-4,6,8-9H2,1-2H3,(H3,22,23,30)(H,24,26,27). The second-order valence-electron chi connectivity index (χ2n) is 7.84. The maximum atomic E-state index is 12.9. The molecule has 9 heteroatoms. The third-order valence-electron chi connectivity index (χ3n) is 5.82. The molecule has 1 aromatic rings. The van der Waals surface area contributed by atoms with Crippen molar-refractivity contribution in [2.24, 2.45) is 5.73 Å². The van der Waals surface area contributed by atoms with Crippen molar-refractivity contribution in [1.29, 1.82) is 0 Å². The molecule has 0 aliphatic carbocycles. The number of hydrogen-bond donors (Lipinski definition) is 3. The van der Waals surface area contributed by atoms with Gasteiger partial charge in [-0.1, -0.05) is 19.9 Å². The van der Waals surface area contributed by atoms with Crippen LogP contribution in [0.4, 0.5) is 4.79 Å². The monoisotopic (exact) mass is 414 g/mol. The van der Waals surface area contributed by atoms with Gasteiger partial charge in [-0.2, -0.15) is 0 Å². The molecule has 3 unspecified atom stereocenters. The van der Waals surface area contributed by atoms with Gasteiger partial charge in [0.2, 0.25) is 11.8 Å². The van der Waals surface area contributed by atoms with E-state index in [4.69, 9.17) is 5.73 Å². The zero-order valence-corrected chi connectivity index (χ0v) is 17.1. The molecule has 9 nitrogen and oxygen atoms in total. The summed E-state index contributed by atoms with van der Waals surface area (Å²) < 4.78 is 0. The molecule has 30 heavy (non-hydrogen) atoms. The van der Waals surface area contributed by atoms with Gasteiger partial charge in [0.15, 0.2) is 0 Å². The fourth-order valence-corrected chi connectivity index (χ4v) is 3.99. The Morgan fingerprint density at radius 3 is 2.53 bits per heavy atom. The Hall–Kier alpha value is -3.23. The summed E-state index contributed by atoms with van der Waals surface area (Å²) in [4.78, 5) is 61.2. The van der Waals surface area contributed by atoms with E-state index in [1.165, 1.54) is 0 Å². The first-order valence-corrected chi connectivity index (χ1v) is 10.1. The number of nitrogens with one attached hydrogen (secondary N) is 2. The molecule has 0 radical (unpaired) electrons. The Bertz CT molecular complexity index is 913. The summed E-state index contributed by atoms with van der Waals surface area (Å²) in [6, 6.07) is 3.59. The van der Waals surface area contributed by atoms with Crippen molar-refractivity contribution >= 4 is 29.7 Å². The van der Waals surface area contributed by atoms with Crippen LogP contribution < -0.4 is 16.4 Å². The van der Waals surface area contributed by atoms with Gasteiger partial charge in [-0.05, 0) is 49.3 Å². The predicted octanol–water partition coefficient (Wildman–Crippen LogP) is 1.42. The molecular weight excluding hydrogens is 388 g/mol. The summed E-state index contributed by atoms with van der Waals surface area (Å²) in [6.07, 6.45) is 2.46. The number of piperidine rings is 1. The van der Waals surface area contributed by atoms with Gasteiger partial charge in [-0.25, -0.2) is 4.79 Å². The van der Waals surface area contributed by atoms with E-state index in [1.54, 1.807) is 12.1 Å². The van der Waals surface area contributed by atoms with Gasteiger partial charge in [0.05, 0.1) is 11.1 Å². The van der Waals surface area contributed by atoms with Crippen LogP contribution in [-0.2, 0) is 9.59 Å².